The van der Waals surface area contributed by atoms with Crippen LogP contribution < -0.4 is 31.1 Å². The Kier molecular flexibility index (Phi) is 8.32. The molecule has 0 spiro atoms. The Morgan fingerprint density at radius 3 is 0.610 bits per heavy atom. The maximum absolute atomic E-state index is 7.40. The molecule has 6 aromatic rings. The summed E-state index contributed by atoms with van der Waals surface area (Å²) in [6.07, 6.45) is 0. The molecule has 0 heterocycles. The zero-order chi connectivity index (χ0) is 27.8. The Morgan fingerprint density at radius 2 is 0.439 bits per heavy atom. The Balaban J connectivity index is 1.50. The van der Waals surface area contributed by atoms with Crippen LogP contribution in [0.5, 0.6) is 0 Å². The van der Waals surface area contributed by atoms with E-state index in [4.69, 9.17) is 8.23 Å². The molecule has 0 aliphatic heterocycles. The number of hydrogen-bond donors (Lipinski definition) is 0. The van der Waals surface area contributed by atoms with Crippen LogP contribution in [0.4, 0.5) is 0 Å². The summed E-state index contributed by atoms with van der Waals surface area (Å²) >= 11 is 0. The second kappa shape index (κ2) is 12.6. The molecule has 41 heavy (non-hydrogen) atoms. The molecule has 0 amide bonds. The molecule has 0 N–H and O–H groups in total. The summed E-state index contributed by atoms with van der Waals surface area (Å²) in [6.45, 7) is 0. The summed E-state index contributed by atoms with van der Waals surface area (Å²) in [4.78, 5) is 0. The monoisotopic (exact) mass is 580 g/mol. The van der Waals surface area contributed by atoms with Crippen LogP contribution in [0.1, 0.15) is 0 Å². The molecule has 0 bridgehead atoms. The zero-order valence-electron chi connectivity index (χ0n) is 22.8. The van der Waals surface area contributed by atoms with E-state index in [0.29, 0.717) is 0 Å². The molecule has 0 radical (unpaired) electrons. The van der Waals surface area contributed by atoms with E-state index in [-0.39, 0.29) is 0 Å². The van der Waals surface area contributed by atoms with Gasteiger partial charge >= 0.3 is 0 Å². The summed E-state index contributed by atoms with van der Waals surface area (Å²) < 4.78 is 14.8. The lowest BCUT2D eigenvalue weighted by Gasteiger charge is -2.37. The van der Waals surface area contributed by atoms with Crippen molar-refractivity contribution in [3.05, 3.63) is 182 Å². The highest BCUT2D eigenvalue weighted by atomic mass is 28.4. The highest BCUT2D eigenvalue weighted by molar-refractivity contribution is 7.11. The molecular formula is C36H32O2Si3. The predicted octanol–water partition coefficient (Wildman–Crippen LogP) is 3.35. The van der Waals surface area contributed by atoms with Gasteiger partial charge in [-0.3, -0.25) is 0 Å². The minimum absolute atomic E-state index is 1.22. The topological polar surface area (TPSA) is 18.5 Å². The first-order valence-corrected chi connectivity index (χ1v) is 18.9. The third-order valence-electron chi connectivity index (χ3n) is 7.63. The van der Waals surface area contributed by atoms with Gasteiger partial charge in [0.2, 0.25) is 0 Å². The van der Waals surface area contributed by atoms with Crippen LogP contribution in [0, 0.1) is 0 Å². The first-order valence-electron chi connectivity index (χ1n) is 13.9. The lowest BCUT2D eigenvalue weighted by Crippen LogP contribution is -2.73. The van der Waals surface area contributed by atoms with Gasteiger partial charge < -0.3 is 8.23 Å². The van der Waals surface area contributed by atoms with Gasteiger partial charge in [0.15, 0.2) is 0 Å². The van der Waals surface area contributed by atoms with E-state index in [2.05, 4.69) is 182 Å². The number of benzene rings is 6. The molecule has 0 atom stereocenters. The first kappa shape index (κ1) is 27.1. The fraction of sp³-hybridized carbons (Fsp3) is 0. The molecule has 0 aliphatic carbocycles. The van der Waals surface area contributed by atoms with Gasteiger partial charge in [-0.1, -0.05) is 182 Å². The fourth-order valence-corrected chi connectivity index (χ4v) is 17.9. The second-order valence-electron chi connectivity index (χ2n) is 9.97. The summed E-state index contributed by atoms with van der Waals surface area (Å²) in [5, 5.41) is 7.33. The van der Waals surface area contributed by atoms with Gasteiger partial charge in [-0.25, -0.2) is 0 Å². The lowest BCUT2D eigenvalue weighted by atomic mass is 10.3. The number of hydrogen-bond acceptors (Lipinski definition) is 2. The van der Waals surface area contributed by atoms with E-state index in [9.17, 15) is 0 Å². The maximum atomic E-state index is 7.40. The third kappa shape index (κ3) is 5.34. The van der Waals surface area contributed by atoms with Crippen molar-refractivity contribution in [1.82, 2.24) is 0 Å². The normalized spacial score (nSPS) is 11.7. The van der Waals surface area contributed by atoms with Crippen LogP contribution in [0.3, 0.4) is 0 Å². The average Bonchev–Trinajstić information content (AvgIpc) is 3.08. The van der Waals surface area contributed by atoms with Crippen LogP contribution in [-0.4, -0.2) is 26.6 Å². The van der Waals surface area contributed by atoms with Gasteiger partial charge in [0.25, 0.3) is 26.6 Å². The quantitative estimate of drug-likeness (QED) is 0.183. The van der Waals surface area contributed by atoms with E-state index in [1.807, 2.05) is 0 Å². The van der Waals surface area contributed by atoms with Gasteiger partial charge in [0.1, 0.15) is 0 Å². The molecule has 5 heteroatoms. The standard InChI is InChI=1S/C36H32O2Si3/c1-7-19-31(20-8-1)40(32-21-9-2-10-22-32,33-23-11-3-12-24-33)37-39-38-41(34-25-13-4-14-26-34,35-27-15-5-16-28-35)36-29-17-6-18-30-36/h1-30H,39H2. The maximum Gasteiger partial charge on any atom is 0.285 e. The summed E-state index contributed by atoms with van der Waals surface area (Å²) in [5.41, 5.74) is 0. The molecule has 0 aromatic heterocycles. The Labute approximate surface area is 247 Å². The molecule has 0 aliphatic rings. The number of rotatable bonds is 10. The predicted molar refractivity (Wildman–Crippen MR) is 179 cm³/mol. The lowest BCUT2D eigenvalue weighted by molar-refractivity contribution is 0.475. The van der Waals surface area contributed by atoms with E-state index in [0.717, 1.165) is 0 Å². The van der Waals surface area contributed by atoms with E-state index < -0.39 is 26.6 Å². The Hall–Kier alpha value is -4.11. The van der Waals surface area contributed by atoms with Crippen molar-refractivity contribution in [2.45, 2.75) is 0 Å². The van der Waals surface area contributed by atoms with Gasteiger partial charge in [0, 0.05) is 0 Å². The Bertz CT molecular complexity index is 1310. The van der Waals surface area contributed by atoms with Crippen LogP contribution in [0.2, 0.25) is 0 Å². The van der Waals surface area contributed by atoms with Crippen molar-refractivity contribution < 1.29 is 8.23 Å². The molecule has 0 saturated heterocycles. The van der Waals surface area contributed by atoms with Gasteiger partial charge in [-0.05, 0) is 31.1 Å². The smallest absolute Gasteiger partial charge is 0.285 e. The summed E-state index contributed by atoms with van der Waals surface area (Å²) in [5.74, 6) is 0. The van der Waals surface area contributed by atoms with Crippen molar-refractivity contribution in [3.63, 3.8) is 0 Å². The molecule has 200 valence electrons. The van der Waals surface area contributed by atoms with Crippen LogP contribution in [0.15, 0.2) is 182 Å². The first-order chi connectivity index (χ1) is 20.3. The highest BCUT2D eigenvalue weighted by Crippen LogP contribution is 2.13. The third-order valence-corrected chi connectivity index (χ3v) is 18.9. The summed E-state index contributed by atoms with van der Waals surface area (Å²) in [6, 6.07) is 64.5. The summed E-state index contributed by atoms with van der Waals surface area (Å²) in [7, 11) is -7.27. The van der Waals surface area contributed by atoms with E-state index in [1.54, 1.807) is 0 Å². The van der Waals surface area contributed by atoms with E-state index in [1.165, 1.54) is 31.1 Å². The van der Waals surface area contributed by atoms with Crippen molar-refractivity contribution in [2.24, 2.45) is 0 Å². The van der Waals surface area contributed by atoms with Gasteiger partial charge in [-0.2, -0.15) is 0 Å². The van der Waals surface area contributed by atoms with E-state index >= 15 is 0 Å². The Morgan fingerprint density at radius 1 is 0.268 bits per heavy atom. The van der Waals surface area contributed by atoms with Crippen molar-refractivity contribution in [3.8, 4) is 0 Å². The van der Waals surface area contributed by atoms with Crippen LogP contribution >= 0.6 is 0 Å². The molecule has 2 nitrogen and oxygen atoms in total. The molecule has 0 saturated carbocycles. The molecule has 6 aromatic carbocycles. The minimum atomic E-state index is -2.87. The van der Waals surface area contributed by atoms with Crippen molar-refractivity contribution in [1.29, 1.82) is 0 Å². The molecule has 6 rings (SSSR count). The molecule has 0 unspecified atom stereocenters. The SMILES string of the molecule is c1ccc([Si](O[SiH2]O[Si](c2ccccc2)(c2ccccc2)c2ccccc2)(c2ccccc2)c2ccccc2)cc1. The fourth-order valence-electron chi connectivity index (χ4n) is 5.74. The van der Waals surface area contributed by atoms with Gasteiger partial charge in [0.05, 0.1) is 0 Å². The molecular weight excluding hydrogens is 549 g/mol. The van der Waals surface area contributed by atoms with Crippen molar-refractivity contribution >= 4 is 57.8 Å². The van der Waals surface area contributed by atoms with Crippen LogP contribution in [-0.2, 0) is 8.23 Å². The largest absolute Gasteiger partial charge is 0.430 e. The van der Waals surface area contributed by atoms with Crippen LogP contribution in [0.25, 0.3) is 0 Å². The zero-order valence-corrected chi connectivity index (χ0v) is 26.3. The van der Waals surface area contributed by atoms with Gasteiger partial charge in [-0.15, -0.1) is 0 Å². The minimum Gasteiger partial charge on any atom is -0.430 e. The highest BCUT2D eigenvalue weighted by Gasteiger charge is 2.45. The average molecular weight is 581 g/mol. The van der Waals surface area contributed by atoms with Crippen molar-refractivity contribution in [2.75, 3.05) is 0 Å². The molecule has 0 fully saturated rings. The second-order valence-corrected chi connectivity index (χ2v) is 18.7.